The van der Waals surface area contributed by atoms with E-state index in [1.807, 2.05) is 5.32 Å². The smallest absolute Gasteiger partial charge is 0.375 e. The summed E-state index contributed by atoms with van der Waals surface area (Å²) in [7, 11) is 1.38. The first-order valence-electron chi connectivity index (χ1n) is 7.81. The number of aromatic nitrogens is 2. The Labute approximate surface area is 157 Å². The molecule has 0 radical (unpaired) electrons. The van der Waals surface area contributed by atoms with E-state index >= 15 is 0 Å². The molecule has 9 nitrogen and oxygen atoms in total. The number of primary amides is 1. The standard InChI is InChI=1S/C16H17F3N6O3/c1-28-7-12(26)23-9-3-2-4-10(5-9)24-15-21-6-11(13(20)27)14(25-15)22-8-16(17,18)19/h2-6H,7-8H2,1H3,(H2,20,27)(H,23,26)(H2,21,22,24,25). The monoisotopic (exact) mass is 398 g/mol. The SMILES string of the molecule is COCC(=O)Nc1cccc(Nc2ncc(C(N)=O)c(NCC(F)(F)F)n2)c1. The van der Waals surface area contributed by atoms with Gasteiger partial charge in [-0.1, -0.05) is 6.07 Å². The first-order chi connectivity index (χ1) is 13.2. The van der Waals surface area contributed by atoms with E-state index in [0.29, 0.717) is 11.4 Å². The maximum Gasteiger partial charge on any atom is 0.405 e. The second kappa shape index (κ2) is 8.99. The molecule has 150 valence electrons. The van der Waals surface area contributed by atoms with E-state index in [1.165, 1.54) is 7.11 Å². The third kappa shape index (κ3) is 6.39. The summed E-state index contributed by atoms with van der Waals surface area (Å²) >= 11 is 0. The van der Waals surface area contributed by atoms with Crippen molar-refractivity contribution in [3.63, 3.8) is 0 Å². The van der Waals surface area contributed by atoms with Crippen molar-refractivity contribution in [2.24, 2.45) is 5.73 Å². The van der Waals surface area contributed by atoms with Gasteiger partial charge in [-0.05, 0) is 18.2 Å². The highest BCUT2D eigenvalue weighted by atomic mass is 19.4. The molecule has 0 aliphatic carbocycles. The highest BCUT2D eigenvalue weighted by Crippen LogP contribution is 2.22. The lowest BCUT2D eigenvalue weighted by Gasteiger charge is -2.13. The summed E-state index contributed by atoms with van der Waals surface area (Å²) in [6.07, 6.45) is -3.50. The van der Waals surface area contributed by atoms with E-state index in [1.54, 1.807) is 24.3 Å². The van der Waals surface area contributed by atoms with Crippen LogP contribution in [0.3, 0.4) is 0 Å². The Hall–Kier alpha value is -3.41. The number of anilines is 4. The third-order valence-electron chi connectivity index (χ3n) is 3.19. The summed E-state index contributed by atoms with van der Waals surface area (Å²) in [6.45, 7) is -1.52. The average Bonchev–Trinajstić information content (AvgIpc) is 2.59. The van der Waals surface area contributed by atoms with Gasteiger partial charge in [0.05, 0.1) is 5.56 Å². The Kier molecular flexibility index (Phi) is 6.71. The number of nitrogens with one attached hydrogen (secondary N) is 3. The van der Waals surface area contributed by atoms with Gasteiger partial charge in [0, 0.05) is 24.7 Å². The van der Waals surface area contributed by atoms with Gasteiger partial charge in [0.15, 0.2) is 0 Å². The number of alkyl halides is 3. The molecule has 1 aromatic carbocycles. The number of carbonyl (C=O) groups excluding carboxylic acids is 2. The lowest BCUT2D eigenvalue weighted by atomic mass is 10.2. The van der Waals surface area contributed by atoms with Crippen LogP contribution in [0.4, 0.5) is 36.3 Å². The van der Waals surface area contributed by atoms with Crippen molar-refractivity contribution < 1.29 is 27.5 Å². The summed E-state index contributed by atoms with van der Waals surface area (Å²) in [5.74, 6) is -1.76. The van der Waals surface area contributed by atoms with Crippen LogP contribution in [0.15, 0.2) is 30.5 Å². The number of benzene rings is 1. The van der Waals surface area contributed by atoms with Crippen molar-refractivity contribution >= 4 is 35.0 Å². The zero-order valence-electron chi connectivity index (χ0n) is 14.6. The molecule has 0 atom stereocenters. The normalized spacial score (nSPS) is 11.0. The van der Waals surface area contributed by atoms with E-state index < -0.39 is 18.6 Å². The molecule has 28 heavy (non-hydrogen) atoms. The van der Waals surface area contributed by atoms with Crippen molar-refractivity contribution in [1.29, 1.82) is 0 Å². The minimum Gasteiger partial charge on any atom is -0.375 e. The van der Waals surface area contributed by atoms with Gasteiger partial charge in [0.25, 0.3) is 5.91 Å². The summed E-state index contributed by atoms with van der Waals surface area (Å²) < 4.78 is 42.1. The molecule has 2 rings (SSSR count). The first-order valence-corrected chi connectivity index (χ1v) is 7.81. The Morgan fingerprint density at radius 1 is 1.25 bits per heavy atom. The van der Waals surface area contributed by atoms with Gasteiger partial charge >= 0.3 is 6.18 Å². The van der Waals surface area contributed by atoms with Gasteiger partial charge < -0.3 is 26.4 Å². The fourth-order valence-electron chi connectivity index (χ4n) is 2.07. The van der Waals surface area contributed by atoms with Crippen LogP contribution in [0.1, 0.15) is 10.4 Å². The topological polar surface area (TPSA) is 131 Å². The fourth-order valence-corrected chi connectivity index (χ4v) is 2.07. The van der Waals surface area contributed by atoms with Crippen LogP contribution in [-0.4, -0.2) is 48.2 Å². The van der Waals surface area contributed by atoms with E-state index in [4.69, 9.17) is 10.5 Å². The Morgan fingerprint density at radius 3 is 2.61 bits per heavy atom. The molecule has 0 spiro atoms. The van der Waals surface area contributed by atoms with Crippen LogP contribution in [0.25, 0.3) is 0 Å². The van der Waals surface area contributed by atoms with E-state index in [9.17, 15) is 22.8 Å². The molecular weight excluding hydrogens is 381 g/mol. The molecule has 0 unspecified atom stereocenters. The fraction of sp³-hybridized carbons (Fsp3) is 0.250. The molecule has 0 aliphatic heterocycles. The quantitative estimate of drug-likeness (QED) is 0.534. The summed E-state index contributed by atoms with van der Waals surface area (Å²) in [6, 6.07) is 6.44. The number of rotatable bonds is 8. The Bertz CT molecular complexity index is 860. The van der Waals surface area contributed by atoms with Crippen LogP contribution in [-0.2, 0) is 9.53 Å². The van der Waals surface area contributed by atoms with Gasteiger partial charge in [0.1, 0.15) is 19.0 Å². The number of halogens is 3. The largest absolute Gasteiger partial charge is 0.405 e. The number of nitrogens with two attached hydrogens (primary N) is 1. The number of amides is 2. The van der Waals surface area contributed by atoms with Crippen LogP contribution >= 0.6 is 0 Å². The van der Waals surface area contributed by atoms with E-state index in [0.717, 1.165) is 6.20 Å². The molecule has 0 aliphatic rings. The first kappa shape index (κ1) is 20.9. The second-order valence-electron chi connectivity index (χ2n) is 5.48. The number of ether oxygens (including phenoxy) is 1. The maximum absolute atomic E-state index is 12.4. The van der Waals surface area contributed by atoms with Crippen LogP contribution in [0.5, 0.6) is 0 Å². The summed E-state index contributed by atoms with van der Waals surface area (Å²) in [5, 5.41) is 7.40. The average molecular weight is 398 g/mol. The number of methoxy groups -OCH3 is 1. The summed E-state index contributed by atoms with van der Waals surface area (Å²) in [5.41, 5.74) is 5.76. The predicted octanol–water partition coefficient (Wildman–Crippen LogP) is 1.88. The molecule has 2 amide bonds. The van der Waals surface area contributed by atoms with Crippen LogP contribution < -0.4 is 21.7 Å². The molecule has 0 fully saturated rings. The lowest BCUT2D eigenvalue weighted by molar-refractivity contribution is -0.119. The molecule has 1 aromatic heterocycles. The number of carbonyl (C=O) groups is 2. The van der Waals surface area contributed by atoms with Crippen molar-refractivity contribution in [3.05, 3.63) is 36.0 Å². The van der Waals surface area contributed by atoms with E-state index in [2.05, 4.69) is 20.6 Å². The Morgan fingerprint density at radius 2 is 1.96 bits per heavy atom. The third-order valence-corrected chi connectivity index (χ3v) is 3.19. The minimum absolute atomic E-state index is 0.0740. The van der Waals surface area contributed by atoms with Gasteiger partial charge in [-0.3, -0.25) is 9.59 Å². The zero-order chi connectivity index (χ0) is 20.7. The van der Waals surface area contributed by atoms with Gasteiger partial charge in [-0.25, -0.2) is 4.98 Å². The second-order valence-corrected chi connectivity index (χ2v) is 5.48. The molecule has 1 heterocycles. The predicted molar refractivity (Wildman–Crippen MR) is 95.3 cm³/mol. The van der Waals surface area contributed by atoms with Crippen molar-refractivity contribution in [2.45, 2.75) is 6.18 Å². The molecule has 5 N–H and O–H groups in total. The van der Waals surface area contributed by atoms with E-state index in [-0.39, 0.29) is 29.8 Å². The number of hydrogen-bond acceptors (Lipinski definition) is 7. The molecule has 0 saturated carbocycles. The molecular formula is C16H17F3N6O3. The number of nitrogens with zero attached hydrogens (tertiary/aromatic N) is 2. The minimum atomic E-state index is -4.51. The highest BCUT2D eigenvalue weighted by Gasteiger charge is 2.28. The molecule has 0 saturated heterocycles. The lowest BCUT2D eigenvalue weighted by Crippen LogP contribution is -2.24. The maximum atomic E-state index is 12.4. The van der Waals surface area contributed by atoms with Crippen LogP contribution in [0, 0.1) is 0 Å². The van der Waals surface area contributed by atoms with Crippen molar-refractivity contribution in [3.8, 4) is 0 Å². The van der Waals surface area contributed by atoms with Gasteiger partial charge in [-0.15, -0.1) is 0 Å². The Balaban J connectivity index is 2.19. The molecule has 0 bridgehead atoms. The molecule has 12 heteroatoms. The zero-order valence-corrected chi connectivity index (χ0v) is 14.6. The summed E-state index contributed by atoms with van der Waals surface area (Å²) in [4.78, 5) is 30.7. The molecule has 2 aromatic rings. The van der Waals surface area contributed by atoms with Crippen LogP contribution in [0.2, 0.25) is 0 Å². The van der Waals surface area contributed by atoms with Crippen molar-refractivity contribution in [1.82, 2.24) is 9.97 Å². The van der Waals surface area contributed by atoms with Crippen molar-refractivity contribution in [2.75, 3.05) is 36.2 Å². The van der Waals surface area contributed by atoms with Gasteiger partial charge in [0.2, 0.25) is 11.9 Å². The van der Waals surface area contributed by atoms with Gasteiger partial charge in [-0.2, -0.15) is 18.2 Å². The number of hydrogen-bond donors (Lipinski definition) is 4. The highest BCUT2D eigenvalue weighted by molar-refractivity contribution is 5.97.